The highest BCUT2D eigenvalue weighted by Gasteiger charge is 2.71. The fraction of sp³-hybridized carbons (Fsp3) is 0.522. The SMILES string of the molecule is Cc1cnc(N[C@H]2CC[C@@H](NC(=O)c3ccc(C(O)(C(F)(F)F)C(F)(F)F)cc3)CC2)nc1N(C)C.Cl. The molecule has 0 spiro atoms. The molecular formula is C23H28ClF6N5O2. The van der Waals surface area contributed by atoms with Crippen molar-refractivity contribution in [3.63, 3.8) is 0 Å². The topological polar surface area (TPSA) is 90.4 Å². The largest absolute Gasteiger partial charge is 0.430 e. The third kappa shape index (κ3) is 6.56. The molecule has 0 atom stereocenters. The summed E-state index contributed by atoms with van der Waals surface area (Å²) in [7, 11) is 3.76. The maximum absolute atomic E-state index is 13.0. The molecule has 1 aliphatic carbocycles. The lowest BCUT2D eigenvalue weighted by molar-refractivity contribution is -0.376. The second kappa shape index (κ2) is 11.3. The van der Waals surface area contributed by atoms with Crippen molar-refractivity contribution in [2.24, 2.45) is 0 Å². The van der Waals surface area contributed by atoms with Crippen molar-refractivity contribution < 1.29 is 36.2 Å². The maximum atomic E-state index is 13.0. The standard InChI is InChI=1S/C23H27F6N5O2.ClH/c1-13-12-30-20(33-18(13)34(2)3)32-17-10-8-16(9-11-17)31-19(35)14-4-6-15(7-5-14)21(36,22(24,25)26)23(27,28)29;/h4-7,12,16-17,36H,8-11H2,1-3H3,(H,31,35)(H,30,32,33);1H/t16-,17+;. The minimum atomic E-state index is -5.99. The zero-order chi connectivity index (χ0) is 26.9. The maximum Gasteiger partial charge on any atom is 0.430 e. The molecule has 2 aromatic rings. The number of carbonyl (C=O) groups excluding carboxylic acids is 1. The van der Waals surface area contributed by atoms with E-state index in [1.807, 2.05) is 25.9 Å². The van der Waals surface area contributed by atoms with E-state index >= 15 is 0 Å². The van der Waals surface area contributed by atoms with E-state index in [1.54, 1.807) is 6.20 Å². The van der Waals surface area contributed by atoms with Crippen molar-refractivity contribution in [2.45, 2.75) is 62.6 Å². The van der Waals surface area contributed by atoms with Crippen LogP contribution in [0.3, 0.4) is 0 Å². The van der Waals surface area contributed by atoms with Crippen LogP contribution in [0.15, 0.2) is 30.5 Å². The summed E-state index contributed by atoms with van der Waals surface area (Å²) >= 11 is 0. The number of hydrogen-bond donors (Lipinski definition) is 3. The summed E-state index contributed by atoms with van der Waals surface area (Å²) in [6.07, 6.45) is -7.64. The molecule has 14 heteroatoms. The average molecular weight is 556 g/mol. The predicted molar refractivity (Wildman–Crippen MR) is 128 cm³/mol. The van der Waals surface area contributed by atoms with Gasteiger partial charge in [-0.3, -0.25) is 4.79 Å². The molecule has 0 aliphatic heterocycles. The first-order valence-electron chi connectivity index (χ1n) is 11.2. The van der Waals surface area contributed by atoms with Crippen molar-refractivity contribution in [3.8, 4) is 0 Å². The monoisotopic (exact) mass is 555 g/mol. The smallest absolute Gasteiger partial charge is 0.369 e. The number of anilines is 2. The number of nitrogens with zero attached hydrogens (tertiary/aromatic N) is 3. The number of benzene rings is 1. The van der Waals surface area contributed by atoms with Crippen LogP contribution in [0.4, 0.5) is 38.1 Å². The van der Waals surface area contributed by atoms with Crippen LogP contribution in [-0.2, 0) is 5.60 Å². The van der Waals surface area contributed by atoms with Gasteiger partial charge in [0.1, 0.15) is 5.82 Å². The summed E-state index contributed by atoms with van der Waals surface area (Å²) in [4.78, 5) is 23.2. The molecule has 206 valence electrons. The fourth-order valence-electron chi connectivity index (χ4n) is 4.14. The summed E-state index contributed by atoms with van der Waals surface area (Å²) in [6.45, 7) is 1.91. The summed E-state index contributed by atoms with van der Waals surface area (Å²) in [5.74, 6) is 0.663. The van der Waals surface area contributed by atoms with E-state index < -0.39 is 29.4 Å². The van der Waals surface area contributed by atoms with E-state index in [9.17, 15) is 36.2 Å². The van der Waals surface area contributed by atoms with Crippen LogP contribution >= 0.6 is 12.4 Å². The van der Waals surface area contributed by atoms with Crippen LogP contribution in [-0.4, -0.2) is 59.5 Å². The molecule has 3 rings (SSSR count). The van der Waals surface area contributed by atoms with Crippen LogP contribution < -0.4 is 15.5 Å². The van der Waals surface area contributed by atoms with Crippen molar-refractivity contribution in [3.05, 3.63) is 47.2 Å². The number of alkyl halides is 6. The lowest BCUT2D eigenvalue weighted by Gasteiger charge is -2.32. The Hall–Kier alpha value is -2.80. The number of carbonyl (C=O) groups is 1. The third-order valence-corrected chi connectivity index (χ3v) is 6.15. The Labute approximate surface area is 216 Å². The Balaban J connectivity index is 0.00000481. The van der Waals surface area contributed by atoms with E-state index in [1.165, 1.54) is 0 Å². The van der Waals surface area contributed by atoms with Gasteiger partial charge in [-0.25, -0.2) is 4.98 Å². The molecule has 1 fully saturated rings. The van der Waals surface area contributed by atoms with Gasteiger partial charge in [-0.2, -0.15) is 31.3 Å². The second-order valence-corrected chi connectivity index (χ2v) is 9.04. The highest BCUT2D eigenvalue weighted by atomic mass is 35.5. The van der Waals surface area contributed by atoms with Crippen LogP contribution in [0.5, 0.6) is 0 Å². The molecule has 0 radical (unpaired) electrons. The molecule has 3 N–H and O–H groups in total. The van der Waals surface area contributed by atoms with Gasteiger partial charge in [0.15, 0.2) is 0 Å². The van der Waals surface area contributed by atoms with Gasteiger partial charge in [0.05, 0.1) is 0 Å². The van der Waals surface area contributed by atoms with Crippen molar-refractivity contribution in [1.82, 2.24) is 15.3 Å². The summed E-state index contributed by atoms with van der Waals surface area (Å²) in [5.41, 5.74) is -5.63. The minimum Gasteiger partial charge on any atom is -0.369 e. The molecule has 1 aliphatic rings. The number of halogens is 7. The third-order valence-electron chi connectivity index (χ3n) is 6.15. The molecule has 1 aromatic heterocycles. The highest BCUT2D eigenvalue weighted by Crippen LogP contribution is 2.49. The molecule has 0 unspecified atom stereocenters. The number of nitrogens with one attached hydrogen (secondary N) is 2. The Morgan fingerprint density at radius 2 is 1.49 bits per heavy atom. The van der Waals surface area contributed by atoms with Crippen molar-refractivity contribution >= 4 is 30.1 Å². The van der Waals surface area contributed by atoms with E-state index in [2.05, 4.69) is 20.6 Å². The Morgan fingerprint density at radius 3 is 1.97 bits per heavy atom. The Bertz CT molecular complexity index is 1060. The van der Waals surface area contributed by atoms with E-state index in [0.717, 1.165) is 23.5 Å². The molecule has 1 heterocycles. The summed E-state index contributed by atoms with van der Waals surface area (Å²) < 4.78 is 78.2. The normalized spacial score (nSPS) is 18.5. The molecule has 7 nitrogen and oxygen atoms in total. The van der Waals surface area contributed by atoms with Crippen LogP contribution in [0.1, 0.15) is 47.2 Å². The second-order valence-electron chi connectivity index (χ2n) is 9.04. The minimum absolute atomic E-state index is 0. The molecule has 0 bridgehead atoms. The first kappa shape index (κ1) is 30.4. The number of aromatic nitrogens is 2. The van der Waals surface area contributed by atoms with E-state index in [4.69, 9.17) is 0 Å². The number of amides is 1. The van der Waals surface area contributed by atoms with Gasteiger partial charge in [-0.05, 0) is 44.7 Å². The summed E-state index contributed by atoms with van der Waals surface area (Å²) in [5, 5.41) is 15.5. The fourth-order valence-corrected chi connectivity index (χ4v) is 4.14. The molecule has 1 aromatic carbocycles. The first-order chi connectivity index (χ1) is 16.6. The summed E-state index contributed by atoms with van der Waals surface area (Å²) in [6, 6.07) is 2.45. The Kier molecular flexibility index (Phi) is 9.29. The Morgan fingerprint density at radius 1 is 0.973 bits per heavy atom. The van der Waals surface area contributed by atoms with E-state index in [-0.39, 0.29) is 30.1 Å². The van der Waals surface area contributed by atoms with Gasteiger partial charge >= 0.3 is 12.4 Å². The zero-order valence-electron chi connectivity index (χ0n) is 20.2. The predicted octanol–water partition coefficient (Wildman–Crippen LogP) is 4.74. The van der Waals surface area contributed by atoms with Gasteiger partial charge < -0.3 is 20.6 Å². The molecule has 1 amide bonds. The van der Waals surface area contributed by atoms with Gasteiger partial charge in [-0.1, -0.05) is 12.1 Å². The lowest BCUT2D eigenvalue weighted by atomic mass is 9.90. The zero-order valence-corrected chi connectivity index (χ0v) is 21.1. The first-order valence-corrected chi connectivity index (χ1v) is 11.2. The van der Waals surface area contributed by atoms with E-state index in [0.29, 0.717) is 43.8 Å². The quantitative estimate of drug-likeness (QED) is 0.446. The lowest BCUT2D eigenvalue weighted by Crippen LogP contribution is -2.53. The van der Waals surface area contributed by atoms with Crippen molar-refractivity contribution in [1.29, 1.82) is 0 Å². The molecule has 1 saturated carbocycles. The van der Waals surface area contributed by atoms with Crippen LogP contribution in [0, 0.1) is 6.92 Å². The highest BCUT2D eigenvalue weighted by molar-refractivity contribution is 5.94. The molecular weight excluding hydrogens is 528 g/mol. The van der Waals surface area contributed by atoms with Gasteiger partial charge in [0.25, 0.3) is 11.5 Å². The molecule has 37 heavy (non-hydrogen) atoms. The number of rotatable bonds is 6. The molecule has 0 saturated heterocycles. The van der Waals surface area contributed by atoms with Crippen molar-refractivity contribution in [2.75, 3.05) is 24.3 Å². The number of aryl methyl sites for hydroxylation is 1. The van der Waals surface area contributed by atoms with Crippen LogP contribution in [0.2, 0.25) is 0 Å². The van der Waals surface area contributed by atoms with Gasteiger partial charge in [0, 0.05) is 49.1 Å². The van der Waals surface area contributed by atoms with Gasteiger partial charge in [0.2, 0.25) is 5.95 Å². The average Bonchev–Trinajstić information content (AvgIpc) is 2.79. The number of hydrogen-bond acceptors (Lipinski definition) is 6. The van der Waals surface area contributed by atoms with Crippen LogP contribution in [0.25, 0.3) is 0 Å². The number of aliphatic hydroxyl groups is 1. The van der Waals surface area contributed by atoms with Gasteiger partial charge in [-0.15, -0.1) is 12.4 Å².